The maximum Gasteiger partial charge on any atom is 0.250 e. The van der Waals surface area contributed by atoms with Gasteiger partial charge in [-0.2, -0.15) is 20.1 Å². The molecule has 0 bridgehead atoms. The van der Waals surface area contributed by atoms with Gasteiger partial charge >= 0.3 is 0 Å². The summed E-state index contributed by atoms with van der Waals surface area (Å²) in [4.78, 5) is 18.1. The second-order valence-corrected chi connectivity index (χ2v) is 6.91. The largest absolute Gasteiger partial charge is 0.378 e. The van der Waals surface area contributed by atoms with Gasteiger partial charge in [0.05, 0.1) is 19.4 Å². The van der Waals surface area contributed by atoms with Crippen molar-refractivity contribution < 1.29 is 4.74 Å². The third-order valence-corrected chi connectivity index (χ3v) is 4.79. The zero-order valence-electron chi connectivity index (χ0n) is 15.0. The predicted octanol–water partition coefficient (Wildman–Crippen LogP) is 2.41. The van der Waals surface area contributed by atoms with Gasteiger partial charge in [-0.15, -0.1) is 0 Å². The van der Waals surface area contributed by atoms with Gasteiger partial charge in [0.2, 0.25) is 17.8 Å². The van der Waals surface area contributed by atoms with Crippen LogP contribution in [0.15, 0.2) is 29.4 Å². The fraction of sp³-hybridized carbons (Fsp3) is 0.444. The van der Waals surface area contributed by atoms with E-state index in [9.17, 15) is 0 Å². The minimum atomic E-state index is 0.443. The number of hydrogen-bond donors (Lipinski definition) is 1. The highest BCUT2D eigenvalue weighted by molar-refractivity contribution is 6.30. The molecule has 0 unspecified atom stereocenters. The van der Waals surface area contributed by atoms with Crippen LogP contribution in [0.5, 0.6) is 0 Å². The number of hydrazone groups is 1. The molecule has 2 aliphatic rings. The van der Waals surface area contributed by atoms with Gasteiger partial charge < -0.3 is 14.5 Å². The molecule has 142 valence electrons. The Kier molecular flexibility index (Phi) is 5.64. The van der Waals surface area contributed by atoms with Crippen molar-refractivity contribution in [3.05, 3.63) is 34.9 Å². The van der Waals surface area contributed by atoms with Gasteiger partial charge in [0, 0.05) is 31.2 Å². The van der Waals surface area contributed by atoms with Crippen LogP contribution in [0.3, 0.4) is 0 Å². The van der Waals surface area contributed by atoms with E-state index in [4.69, 9.17) is 16.3 Å². The lowest BCUT2D eigenvalue weighted by atomic mass is 10.2. The maximum absolute atomic E-state index is 5.91. The van der Waals surface area contributed by atoms with Gasteiger partial charge in [-0.05, 0) is 30.5 Å². The van der Waals surface area contributed by atoms with Crippen LogP contribution in [-0.4, -0.2) is 60.6 Å². The van der Waals surface area contributed by atoms with E-state index >= 15 is 0 Å². The lowest BCUT2D eigenvalue weighted by Gasteiger charge is -2.27. The van der Waals surface area contributed by atoms with E-state index in [0.717, 1.165) is 44.6 Å². The summed E-state index contributed by atoms with van der Waals surface area (Å²) in [6.07, 6.45) is 4.04. The Morgan fingerprint density at radius 2 is 1.56 bits per heavy atom. The highest BCUT2D eigenvalue weighted by atomic mass is 35.5. The van der Waals surface area contributed by atoms with Gasteiger partial charge in [0.15, 0.2) is 0 Å². The van der Waals surface area contributed by atoms with Gasteiger partial charge in [0.1, 0.15) is 0 Å². The summed E-state index contributed by atoms with van der Waals surface area (Å²) in [7, 11) is 0. The summed E-state index contributed by atoms with van der Waals surface area (Å²) >= 11 is 5.91. The lowest BCUT2D eigenvalue weighted by Crippen LogP contribution is -2.38. The van der Waals surface area contributed by atoms with Gasteiger partial charge in [-0.1, -0.05) is 23.7 Å². The molecule has 2 aliphatic heterocycles. The molecule has 0 spiro atoms. The smallest absolute Gasteiger partial charge is 0.250 e. The number of benzene rings is 1. The number of halogens is 1. The Bertz CT molecular complexity index is 787. The number of aromatic nitrogens is 3. The van der Waals surface area contributed by atoms with Crippen LogP contribution in [0, 0.1) is 0 Å². The van der Waals surface area contributed by atoms with Crippen molar-refractivity contribution in [2.24, 2.45) is 5.10 Å². The van der Waals surface area contributed by atoms with Crippen LogP contribution in [0.2, 0.25) is 5.02 Å². The van der Waals surface area contributed by atoms with E-state index in [2.05, 4.69) is 35.3 Å². The van der Waals surface area contributed by atoms with Crippen LogP contribution in [0.25, 0.3) is 0 Å². The van der Waals surface area contributed by atoms with E-state index in [1.165, 1.54) is 0 Å². The van der Waals surface area contributed by atoms with Crippen LogP contribution in [0.1, 0.15) is 18.4 Å². The van der Waals surface area contributed by atoms with E-state index in [0.29, 0.717) is 36.1 Å². The molecule has 27 heavy (non-hydrogen) atoms. The number of nitrogens with zero attached hydrogens (tertiary/aromatic N) is 6. The minimum absolute atomic E-state index is 0.443. The van der Waals surface area contributed by atoms with Crippen molar-refractivity contribution in [3.63, 3.8) is 0 Å². The molecule has 0 amide bonds. The third kappa shape index (κ3) is 4.64. The molecule has 0 atom stereocenters. The van der Waals surface area contributed by atoms with E-state index < -0.39 is 0 Å². The van der Waals surface area contributed by atoms with Crippen LogP contribution in [0.4, 0.5) is 17.8 Å². The molecule has 1 aromatic carbocycles. The van der Waals surface area contributed by atoms with E-state index in [-0.39, 0.29) is 0 Å². The molecule has 2 saturated heterocycles. The second kappa shape index (κ2) is 8.49. The Labute approximate surface area is 163 Å². The first-order valence-corrected chi connectivity index (χ1v) is 9.54. The van der Waals surface area contributed by atoms with Crippen LogP contribution < -0.4 is 15.2 Å². The molecule has 2 fully saturated rings. The molecule has 4 rings (SSSR count). The summed E-state index contributed by atoms with van der Waals surface area (Å²) in [6, 6.07) is 7.45. The number of nitrogens with one attached hydrogen (secondary N) is 1. The number of rotatable bonds is 5. The van der Waals surface area contributed by atoms with Crippen LogP contribution >= 0.6 is 11.6 Å². The highest BCUT2D eigenvalue weighted by Crippen LogP contribution is 2.21. The normalized spacial score (nSPS) is 17.7. The topological polar surface area (TPSA) is 78.8 Å². The number of morpholine rings is 1. The Morgan fingerprint density at radius 3 is 2.22 bits per heavy atom. The Hall–Kier alpha value is -2.45. The zero-order valence-corrected chi connectivity index (χ0v) is 15.8. The maximum atomic E-state index is 5.91. The van der Waals surface area contributed by atoms with Gasteiger partial charge in [0.25, 0.3) is 0 Å². The SMILES string of the molecule is Clc1ccc(/C=N\Nc2nc(N3CCCC3)nc(N3CCOCC3)n2)cc1. The molecular weight excluding hydrogens is 366 g/mol. The van der Waals surface area contributed by atoms with E-state index in [1.807, 2.05) is 24.3 Å². The number of hydrogen-bond acceptors (Lipinski definition) is 8. The number of anilines is 3. The Morgan fingerprint density at radius 1 is 0.926 bits per heavy atom. The fourth-order valence-electron chi connectivity index (χ4n) is 3.08. The minimum Gasteiger partial charge on any atom is -0.378 e. The first kappa shape index (κ1) is 17.9. The molecule has 0 aliphatic carbocycles. The molecule has 1 aromatic heterocycles. The summed E-state index contributed by atoms with van der Waals surface area (Å²) in [5.74, 6) is 1.81. The predicted molar refractivity (Wildman–Crippen MR) is 107 cm³/mol. The average Bonchev–Trinajstić information content (AvgIpc) is 3.25. The lowest BCUT2D eigenvalue weighted by molar-refractivity contribution is 0.122. The van der Waals surface area contributed by atoms with Gasteiger partial charge in [-0.25, -0.2) is 5.43 Å². The van der Waals surface area contributed by atoms with Crippen LogP contribution in [-0.2, 0) is 4.74 Å². The second-order valence-electron chi connectivity index (χ2n) is 6.47. The van der Waals surface area contributed by atoms with Gasteiger partial charge in [-0.3, -0.25) is 0 Å². The zero-order chi connectivity index (χ0) is 18.5. The van der Waals surface area contributed by atoms with Crippen molar-refractivity contribution in [3.8, 4) is 0 Å². The summed E-state index contributed by atoms with van der Waals surface area (Å²) in [6.45, 7) is 4.86. The Balaban J connectivity index is 1.54. The molecule has 1 N–H and O–H groups in total. The monoisotopic (exact) mass is 387 g/mol. The van der Waals surface area contributed by atoms with E-state index in [1.54, 1.807) is 6.21 Å². The molecule has 8 nitrogen and oxygen atoms in total. The fourth-order valence-corrected chi connectivity index (χ4v) is 3.21. The standard InChI is InChI=1S/C18H22ClN7O/c19-15-5-3-14(4-6-15)13-20-24-16-21-17(25-7-1-2-8-25)23-18(22-16)26-9-11-27-12-10-26/h3-6,13H,1-2,7-12H2,(H,21,22,23,24)/b20-13-. The van der Waals surface area contributed by atoms with Crippen molar-refractivity contribution in [1.29, 1.82) is 0 Å². The van der Waals surface area contributed by atoms with Crippen molar-refractivity contribution in [2.45, 2.75) is 12.8 Å². The third-order valence-electron chi connectivity index (χ3n) is 4.54. The van der Waals surface area contributed by atoms with Crippen molar-refractivity contribution >= 4 is 35.7 Å². The first-order valence-electron chi connectivity index (χ1n) is 9.16. The highest BCUT2D eigenvalue weighted by Gasteiger charge is 2.21. The number of ether oxygens (including phenoxy) is 1. The molecule has 9 heteroatoms. The first-order chi connectivity index (χ1) is 13.3. The molecule has 2 aromatic rings. The summed E-state index contributed by atoms with van der Waals surface area (Å²) < 4.78 is 5.43. The summed E-state index contributed by atoms with van der Waals surface area (Å²) in [5.41, 5.74) is 3.88. The quantitative estimate of drug-likeness (QED) is 0.623. The van der Waals surface area contributed by atoms with Crippen molar-refractivity contribution in [1.82, 2.24) is 15.0 Å². The summed E-state index contributed by atoms with van der Waals surface area (Å²) in [5, 5.41) is 4.96. The molecule has 0 saturated carbocycles. The average molecular weight is 388 g/mol. The van der Waals surface area contributed by atoms with Crippen molar-refractivity contribution in [2.75, 3.05) is 54.6 Å². The molecular formula is C18H22ClN7O. The molecule has 0 radical (unpaired) electrons. The molecule has 3 heterocycles.